The van der Waals surface area contributed by atoms with E-state index in [1.54, 1.807) is 6.07 Å². The molecule has 7 nitrogen and oxygen atoms in total. The third-order valence-corrected chi connectivity index (χ3v) is 5.55. The molecule has 0 radical (unpaired) electrons. The first-order chi connectivity index (χ1) is 11.3. The first-order valence-electron chi connectivity index (χ1n) is 7.92. The molecule has 2 rings (SSSR count). The van der Waals surface area contributed by atoms with Crippen LogP contribution in [0.15, 0.2) is 23.1 Å². The minimum atomic E-state index is -3.97. The monoisotopic (exact) mass is 354 g/mol. The van der Waals surface area contributed by atoms with Crippen molar-refractivity contribution in [3.8, 4) is 0 Å². The molecule has 1 aliphatic rings. The number of carboxylic acids is 1. The van der Waals surface area contributed by atoms with Crippen LogP contribution in [0.2, 0.25) is 0 Å². The van der Waals surface area contributed by atoms with E-state index in [4.69, 9.17) is 0 Å². The molecule has 1 unspecified atom stereocenters. The summed E-state index contributed by atoms with van der Waals surface area (Å²) in [6.45, 7) is 3.86. The number of nitrogens with zero attached hydrogens (tertiary/aromatic N) is 1. The highest BCUT2D eigenvalue weighted by molar-refractivity contribution is 7.89. The molecule has 1 aromatic rings. The summed E-state index contributed by atoms with van der Waals surface area (Å²) in [5.74, 6) is -1.35. The molecule has 0 saturated heterocycles. The number of benzene rings is 1. The SMILES string of the molecule is CCCCC(NS(=O)(=O)c1ccc2c(c1)N(C(C)=O)CC2)C(=O)O. The Balaban J connectivity index is 2.28. The highest BCUT2D eigenvalue weighted by atomic mass is 32.2. The summed E-state index contributed by atoms with van der Waals surface area (Å²) in [5.41, 5.74) is 1.48. The second kappa shape index (κ2) is 7.31. The lowest BCUT2D eigenvalue weighted by Gasteiger charge is -2.17. The molecular formula is C16H22N2O5S. The van der Waals surface area contributed by atoms with Crippen molar-refractivity contribution in [2.24, 2.45) is 0 Å². The van der Waals surface area contributed by atoms with Crippen LogP contribution < -0.4 is 9.62 Å². The lowest BCUT2D eigenvalue weighted by molar-refractivity contribution is -0.139. The van der Waals surface area contributed by atoms with Crippen molar-refractivity contribution in [2.45, 2.75) is 50.5 Å². The van der Waals surface area contributed by atoms with E-state index in [9.17, 15) is 23.1 Å². The summed E-state index contributed by atoms with van der Waals surface area (Å²) in [4.78, 5) is 24.4. The Bertz CT molecular complexity index is 745. The Hall–Kier alpha value is -1.93. The van der Waals surface area contributed by atoms with Crippen molar-refractivity contribution in [3.05, 3.63) is 23.8 Å². The predicted octanol–water partition coefficient (Wildman–Crippen LogP) is 1.52. The summed E-state index contributed by atoms with van der Waals surface area (Å²) >= 11 is 0. The van der Waals surface area contributed by atoms with E-state index in [2.05, 4.69) is 4.72 Å². The number of carboxylic acid groups (broad SMARTS) is 1. The Morgan fingerprint density at radius 2 is 2.08 bits per heavy atom. The number of fused-ring (bicyclic) bond motifs is 1. The van der Waals surface area contributed by atoms with Gasteiger partial charge in [-0.2, -0.15) is 4.72 Å². The average molecular weight is 354 g/mol. The summed E-state index contributed by atoms with van der Waals surface area (Å²) in [7, 11) is -3.97. The molecule has 0 saturated carbocycles. The molecule has 1 atom stereocenters. The minimum Gasteiger partial charge on any atom is -0.480 e. The lowest BCUT2D eigenvalue weighted by Crippen LogP contribution is -2.40. The van der Waals surface area contributed by atoms with E-state index >= 15 is 0 Å². The predicted molar refractivity (Wildman–Crippen MR) is 89.4 cm³/mol. The highest BCUT2D eigenvalue weighted by Crippen LogP contribution is 2.30. The number of carbonyl (C=O) groups excluding carboxylic acids is 1. The van der Waals surface area contributed by atoms with E-state index in [0.717, 1.165) is 12.0 Å². The second-order valence-electron chi connectivity index (χ2n) is 5.87. The van der Waals surface area contributed by atoms with Crippen LogP contribution in [0.4, 0.5) is 5.69 Å². The molecular weight excluding hydrogens is 332 g/mol. The third-order valence-electron chi connectivity index (χ3n) is 4.08. The van der Waals surface area contributed by atoms with Crippen LogP contribution in [0, 0.1) is 0 Å². The summed E-state index contributed by atoms with van der Waals surface area (Å²) in [5, 5.41) is 9.20. The van der Waals surface area contributed by atoms with E-state index in [-0.39, 0.29) is 17.2 Å². The molecule has 0 bridgehead atoms. The van der Waals surface area contributed by atoms with Crippen molar-refractivity contribution < 1.29 is 23.1 Å². The van der Waals surface area contributed by atoms with Gasteiger partial charge < -0.3 is 10.0 Å². The number of anilines is 1. The number of sulfonamides is 1. The topological polar surface area (TPSA) is 104 Å². The maximum absolute atomic E-state index is 12.5. The number of rotatable bonds is 7. The third kappa shape index (κ3) is 3.93. The molecule has 1 aliphatic heterocycles. The number of amides is 1. The van der Waals surface area contributed by atoms with Gasteiger partial charge >= 0.3 is 5.97 Å². The zero-order chi connectivity index (χ0) is 17.9. The minimum absolute atomic E-state index is 0.0304. The fourth-order valence-electron chi connectivity index (χ4n) is 2.75. The molecule has 8 heteroatoms. The first-order valence-corrected chi connectivity index (χ1v) is 9.40. The average Bonchev–Trinajstić information content (AvgIpc) is 2.94. The van der Waals surface area contributed by atoms with Crippen molar-refractivity contribution >= 4 is 27.6 Å². The lowest BCUT2D eigenvalue weighted by atomic mass is 10.1. The van der Waals surface area contributed by atoms with Crippen LogP contribution >= 0.6 is 0 Å². The van der Waals surface area contributed by atoms with Gasteiger partial charge in [0, 0.05) is 19.2 Å². The fourth-order valence-corrected chi connectivity index (χ4v) is 3.99. The van der Waals surface area contributed by atoms with Crippen molar-refractivity contribution in [1.82, 2.24) is 4.72 Å². The quantitative estimate of drug-likeness (QED) is 0.772. The van der Waals surface area contributed by atoms with Crippen LogP contribution in [0.5, 0.6) is 0 Å². The summed E-state index contributed by atoms with van der Waals surface area (Å²) in [6.07, 6.45) is 2.30. The molecule has 0 fully saturated rings. The van der Waals surface area contributed by atoms with Crippen molar-refractivity contribution in [1.29, 1.82) is 0 Å². The van der Waals surface area contributed by atoms with Crippen LogP contribution in [-0.2, 0) is 26.0 Å². The van der Waals surface area contributed by atoms with Gasteiger partial charge in [-0.1, -0.05) is 25.8 Å². The Morgan fingerprint density at radius 1 is 1.38 bits per heavy atom. The van der Waals surface area contributed by atoms with Gasteiger partial charge in [-0.05, 0) is 30.5 Å². The molecule has 1 aromatic carbocycles. The molecule has 0 spiro atoms. The van der Waals surface area contributed by atoms with E-state index in [0.29, 0.717) is 25.1 Å². The number of aliphatic carboxylic acids is 1. The smallest absolute Gasteiger partial charge is 0.321 e. The first kappa shape index (κ1) is 18.4. The van der Waals surface area contributed by atoms with Crippen molar-refractivity contribution in [3.63, 3.8) is 0 Å². The van der Waals surface area contributed by atoms with Crippen LogP contribution in [0.25, 0.3) is 0 Å². The molecule has 2 N–H and O–H groups in total. The number of hydrogen-bond donors (Lipinski definition) is 2. The van der Waals surface area contributed by atoms with Gasteiger partial charge in [0.2, 0.25) is 15.9 Å². The Morgan fingerprint density at radius 3 is 2.67 bits per heavy atom. The van der Waals surface area contributed by atoms with Gasteiger partial charge in [0.1, 0.15) is 6.04 Å². The van der Waals surface area contributed by atoms with Gasteiger partial charge in [-0.15, -0.1) is 0 Å². The van der Waals surface area contributed by atoms with Crippen LogP contribution in [0.1, 0.15) is 38.7 Å². The zero-order valence-electron chi connectivity index (χ0n) is 13.8. The summed E-state index contributed by atoms with van der Waals surface area (Å²) in [6, 6.07) is 3.40. The number of unbranched alkanes of at least 4 members (excludes halogenated alkanes) is 1. The van der Waals surface area contributed by atoms with Gasteiger partial charge in [0.15, 0.2) is 0 Å². The van der Waals surface area contributed by atoms with Crippen LogP contribution in [0.3, 0.4) is 0 Å². The maximum Gasteiger partial charge on any atom is 0.321 e. The van der Waals surface area contributed by atoms with Gasteiger partial charge in [-0.3, -0.25) is 9.59 Å². The second-order valence-corrected chi connectivity index (χ2v) is 7.58. The van der Waals surface area contributed by atoms with E-state index in [1.165, 1.54) is 24.0 Å². The number of hydrogen-bond acceptors (Lipinski definition) is 4. The molecule has 24 heavy (non-hydrogen) atoms. The largest absolute Gasteiger partial charge is 0.480 e. The molecule has 1 amide bonds. The number of nitrogens with one attached hydrogen (secondary N) is 1. The molecule has 0 aromatic heterocycles. The van der Waals surface area contributed by atoms with E-state index in [1.807, 2.05) is 6.92 Å². The maximum atomic E-state index is 12.5. The fraction of sp³-hybridized carbons (Fsp3) is 0.500. The summed E-state index contributed by atoms with van der Waals surface area (Å²) < 4.78 is 27.3. The normalized spacial score (nSPS) is 15.2. The molecule has 0 aliphatic carbocycles. The van der Waals surface area contributed by atoms with Gasteiger partial charge in [-0.25, -0.2) is 8.42 Å². The van der Waals surface area contributed by atoms with E-state index < -0.39 is 22.0 Å². The highest BCUT2D eigenvalue weighted by Gasteiger charge is 2.28. The van der Waals surface area contributed by atoms with Crippen LogP contribution in [-0.4, -0.2) is 38.0 Å². The zero-order valence-corrected chi connectivity index (χ0v) is 14.6. The van der Waals surface area contributed by atoms with Gasteiger partial charge in [0.05, 0.1) is 4.90 Å². The van der Waals surface area contributed by atoms with Crippen molar-refractivity contribution in [2.75, 3.05) is 11.4 Å². The Labute approximate surface area is 141 Å². The Kier molecular flexibility index (Phi) is 5.61. The standard InChI is InChI=1S/C16H22N2O5S/c1-3-4-5-14(16(20)21)17-24(22,23)13-7-6-12-8-9-18(11(2)19)15(12)10-13/h6-7,10,14,17H,3-5,8-9H2,1-2H3,(H,20,21). The number of carbonyl (C=O) groups is 2. The molecule has 1 heterocycles. The van der Waals surface area contributed by atoms with Gasteiger partial charge in [0.25, 0.3) is 0 Å². The molecule has 132 valence electrons.